The summed E-state index contributed by atoms with van der Waals surface area (Å²) in [5, 5.41) is 41.8. The van der Waals surface area contributed by atoms with Crippen LogP contribution in [0.5, 0.6) is 0 Å². The van der Waals surface area contributed by atoms with E-state index in [2.05, 4.69) is 30.1 Å². The average molecular weight is 621 g/mol. The summed E-state index contributed by atoms with van der Waals surface area (Å²) in [7, 11) is -3.97. The van der Waals surface area contributed by atoms with Gasteiger partial charge in [0, 0.05) is 12.2 Å². The standard InChI is InChI=1S/C36H40N6O2S/c1-35(2)18-26(31(24-39)29(19-35)27(22-37)23-38)14-10-7-6-8-13-17-42-32-21-36(3,4)20-30(33(25-40)41-5)34(32)45(43,44)28-15-11-9-12-16-28/h9,11-12,15-16,42H,6-8,10,13-14,17-21H2,1-4H3/b33-30+. The van der Waals surface area contributed by atoms with Crippen molar-refractivity contribution < 1.29 is 8.42 Å². The Balaban J connectivity index is 1.70. The Morgan fingerprint density at radius 2 is 1.44 bits per heavy atom. The number of nitrogens with zero attached hydrogens (tertiary/aromatic N) is 5. The van der Waals surface area contributed by atoms with E-state index in [1.54, 1.807) is 18.2 Å². The highest BCUT2D eigenvalue weighted by molar-refractivity contribution is 7.95. The van der Waals surface area contributed by atoms with Gasteiger partial charge in [-0.25, -0.2) is 18.5 Å². The van der Waals surface area contributed by atoms with Crippen molar-refractivity contribution in [2.45, 2.75) is 96.8 Å². The largest absolute Gasteiger partial charge is 0.387 e. The lowest BCUT2D eigenvalue weighted by Crippen LogP contribution is -2.31. The number of hydrogen-bond acceptors (Lipinski definition) is 7. The first-order valence-corrected chi connectivity index (χ1v) is 16.8. The van der Waals surface area contributed by atoms with Gasteiger partial charge in [-0.05, 0) is 79.1 Å². The minimum Gasteiger partial charge on any atom is -0.387 e. The van der Waals surface area contributed by atoms with Gasteiger partial charge >= 0.3 is 0 Å². The van der Waals surface area contributed by atoms with E-state index in [9.17, 15) is 29.5 Å². The highest BCUT2D eigenvalue weighted by atomic mass is 32.2. The van der Waals surface area contributed by atoms with E-state index < -0.39 is 9.84 Å². The number of sulfone groups is 1. The highest BCUT2D eigenvalue weighted by Gasteiger charge is 2.38. The number of benzene rings is 1. The second kappa shape index (κ2) is 14.9. The Hall–Kier alpha value is -4.62. The molecule has 0 heterocycles. The molecule has 2 aliphatic carbocycles. The number of nitrogens with one attached hydrogen (secondary N) is 1. The molecule has 0 aromatic heterocycles. The predicted octanol–water partition coefficient (Wildman–Crippen LogP) is 8.10. The van der Waals surface area contributed by atoms with Gasteiger partial charge in [-0.2, -0.15) is 15.8 Å². The maximum Gasteiger partial charge on any atom is 0.266 e. The molecule has 0 unspecified atom stereocenters. The van der Waals surface area contributed by atoms with Gasteiger partial charge < -0.3 is 5.32 Å². The van der Waals surface area contributed by atoms with Crippen molar-refractivity contribution in [3.05, 3.63) is 85.9 Å². The monoisotopic (exact) mass is 620 g/mol. The molecule has 9 heteroatoms. The molecule has 0 amide bonds. The summed E-state index contributed by atoms with van der Waals surface area (Å²) in [6.07, 6.45) is 7.41. The topological polar surface area (TPSA) is 146 Å². The summed E-state index contributed by atoms with van der Waals surface area (Å²) in [4.78, 5) is 3.58. The van der Waals surface area contributed by atoms with Crippen molar-refractivity contribution in [1.82, 2.24) is 5.32 Å². The van der Waals surface area contributed by atoms with Crippen LogP contribution in [0.15, 0.2) is 79.4 Å². The summed E-state index contributed by atoms with van der Waals surface area (Å²) in [5.74, 6) is 0. The molecule has 232 valence electrons. The van der Waals surface area contributed by atoms with Crippen LogP contribution in [0.4, 0.5) is 0 Å². The molecule has 0 spiro atoms. The molecular weight excluding hydrogens is 581 g/mol. The first-order valence-electron chi connectivity index (χ1n) is 15.3. The average Bonchev–Trinajstić information content (AvgIpc) is 2.99. The van der Waals surface area contributed by atoms with Crippen LogP contribution in [0, 0.1) is 62.7 Å². The Morgan fingerprint density at radius 1 is 0.844 bits per heavy atom. The van der Waals surface area contributed by atoms with Gasteiger partial charge in [0.05, 0.1) is 34.1 Å². The Bertz CT molecular complexity index is 1720. The first-order chi connectivity index (χ1) is 21.3. The maximum absolute atomic E-state index is 13.9. The van der Waals surface area contributed by atoms with E-state index in [-0.39, 0.29) is 37.5 Å². The van der Waals surface area contributed by atoms with Crippen LogP contribution in [0.3, 0.4) is 0 Å². The molecule has 1 N–H and O–H groups in total. The van der Waals surface area contributed by atoms with Crippen molar-refractivity contribution in [2.24, 2.45) is 10.8 Å². The molecule has 3 rings (SSSR count). The molecule has 1 aromatic rings. The fourth-order valence-corrected chi connectivity index (χ4v) is 8.09. The van der Waals surface area contributed by atoms with E-state index in [0.29, 0.717) is 42.7 Å². The number of rotatable bonds is 11. The Morgan fingerprint density at radius 3 is 2.04 bits per heavy atom. The van der Waals surface area contributed by atoms with Crippen LogP contribution in [-0.2, 0) is 9.84 Å². The molecule has 0 saturated carbocycles. The van der Waals surface area contributed by atoms with Crippen LogP contribution >= 0.6 is 0 Å². The van der Waals surface area contributed by atoms with Crippen molar-refractivity contribution in [3.8, 4) is 24.3 Å². The Kier molecular flexibility index (Phi) is 11.5. The second-order valence-corrected chi connectivity index (χ2v) is 15.2. The van der Waals surface area contributed by atoms with Crippen molar-refractivity contribution in [2.75, 3.05) is 6.54 Å². The third-order valence-electron chi connectivity index (χ3n) is 8.32. The lowest BCUT2D eigenvalue weighted by molar-refractivity contribution is 0.338. The van der Waals surface area contributed by atoms with E-state index in [4.69, 9.17) is 6.57 Å². The van der Waals surface area contributed by atoms with E-state index in [1.165, 1.54) is 12.1 Å². The minimum atomic E-state index is -3.97. The molecular formula is C36H40N6O2S. The zero-order valence-corrected chi connectivity index (χ0v) is 27.4. The van der Waals surface area contributed by atoms with E-state index in [1.807, 2.05) is 32.1 Å². The molecule has 1 aromatic carbocycles. The summed E-state index contributed by atoms with van der Waals surface area (Å²) in [6, 6.07) is 16.3. The lowest BCUT2D eigenvalue weighted by atomic mass is 9.70. The minimum absolute atomic E-state index is 0.0288. The van der Waals surface area contributed by atoms with Gasteiger partial charge in [0.1, 0.15) is 17.7 Å². The van der Waals surface area contributed by atoms with E-state index in [0.717, 1.165) is 50.5 Å². The first kappa shape index (κ1) is 34.9. The summed E-state index contributed by atoms with van der Waals surface area (Å²) < 4.78 is 27.7. The normalized spacial score (nSPS) is 18.5. The van der Waals surface area contributed by atoms with Gasteiger partial charge in [0.25, 0.3) is 5.70 Å². The summed E-state index contributed by atoms with van der Waals surface area (Å²) >= 11 is 0. The van der Waals surface area contributed by atoms with Gasteiger partial charge in [-0.15, -0.1) is 0 Å². The summed E-state index contributed by atoms with van der Waals surface area (Å²) in [5.41, 5.74) is 2.32. The number of unbranched alkanes of at least 4 members (excludes halogenated alkanes) is 4. The third kappa shape index (κ3) is 8.52. The van der Waals surface area contributed by atoms with Crippen LogP contribution in [0.25, 0.3) is 4.85 Å². The number of allylic oxidation sites excluding steroid dienone is 7. The molecule has 2 aliphatic rings. The molecule has 8 nitrogen and oxygen atoms in total. The Labute approximate surface area is 268 Å². The molecule has 0 radical (unpaired) electrons. The van der Waals surface area contributed by atoms with Crippen LogP contribution in [0.1, 0.15) is 91.9 Å². The summed E-state index contributed by atoms with van der Waals surface area (Å²) in [6.45, 7) is 16.3. The van der Waals surface area contributed by atoms with E-state index >= 15 is 0 Å². The third-order valence-corrected chi connectivity index (χ3v) is 10.2. The second-order valence-electron chi connectivity index (χ2n) is 13.3. The smallest absolute Gasteiger partial charge is 0.266 e. The fraction of sp³-hybridized carbons (Fsp3) is 0.472. The van der Waals surface area contributed by atoms with Crippen LogP contribution in [-0.4, -0.2) is 15.0 Å². The van der Waals surface area contributed by atoms with Crippen molar-refractivity contribution >= 4 is 9.84 Å². The van der Waals surface area contributed by atoms with Gasteiger partial charge in [-0.1, -0.05) is 70.7 Å². The quantitative estimate of drug-likeness (QED) is 0.149. The van der Waals surface area contributed by atoms with Gasteiger partial charge in [0.2, 0.25) is 9.84 Å². The van der Waals surface area contributed by atoms with Crippen molar-refractivity contribution in [1.29, 1.82) is 21.0 Å². The zero-order chi connectivity index (χ0) is 33.3. The molecule has 0 aliphatic heterocycles. The van der Waals surface area contributed by atoms with Gasteiger partial charge in [-0.3, -0.25) is 0 Å². The maximum atomic E-state index is 13.9. The fourth-order valence-electron chi connectivity index (χ4n) is 6.37. The SMILES string of the molecule is [C-]#[N+]/C(C#N)=C1\CC(C)(C)CC(NCCCCCCCC2=C(C#N)C(=C(C#N)C#N)CC(C)(C)C2)=C1S(=O)(=O)c1ccccc1. The number of nitriles is 4. The molecule has 0 atom stereocenters. The van der Waals surface area contributed by atoms with Crippen LogP contribution in [0.2, 0.25) is 0 Å². The van der Waals surface area contributed by atoms with Crippen LogP contribution < -0.4 is 5.32 Å². The molecule has 0 fully saturated rings. The van der Waals surface area contributed by atoms with Gasteiger partial charge in [0.15, 0.2) is 0 Å². The zero-order valence-electron chi connectivity index (χ0n) is 26.6. The molecule has 45 heavy (non-hydrogen) atoms. The highest BCUT2D eigenvalue weighted by Crippen LogP contribution is 2.46. The van der Waals surface area contributed by atoms with Crippen molar-refractivity contribution in [3.63, 3.8) is 0 Å². The number of hydrogen-bond donors (Lipinski definition) is 1. The predicted molar refractivity (Wildman–Crippen MR) is 173 cm³/mol. The molecule has 0 saturated heterocycles. The lowest BCUT2D eigenvalue weighted by Gasteiger charge is -2.35. The molecule has 0 bridgehead atoms.